The number of ether oxygens (including phenoxy) is 1. The average Bonchev–Trinajstić information content (AvgIpc) is 2.20. The summed E-state index contributed by atoms with van der Waals surface area (Å²) >= 11 is 0. The summed E-state index contributed by atoms with van der Waals surface area (Å²) in [6.45, 7) is 1.13. The summed E-state index contributed by atoms with van der Waals surface area (Å²) in [6, 6.07) is 1.44. The predicted molar refractivity (Wildman–Crippen MR) is 52.3 cm³/mol. The second kappa shape index (κ2) is 5.03. The van der Waals surface area contributed by atoms with Gasteiger partial charge >= 0.3 is 12.1 Å². The number of pyridine rings is 1. The molecule has 4 nitrogen and oxygen atoms in total. The van der Waals surface area contributed by atoms with Crippen molar-refractivity contribution in [1.82, 2.24) is 4.57 Å². The highest BCUT2D eigenvalue weighted by Gasteiger charge is 2.31. The van der Waals surface area contributed by atoms with Crippen LogP contribution in [0, 0.1) is 0 Å². The van der Waals surface area contributed by atoms with Gasteiger partial charge in [0.1, 0.15) is 6.54 Å². The number of alkyl halides is 3. The van der Waals surface area contributed by atoms with Crippen LogP contribution in [0.1, 0.15) is 12.5 Å². The first-order valence-corrected chi connectivity index (χ1v) is 4.78. The molecule has 0 atom stereocenters. The minimum absolute atomic E-state index is 0.104. The molecule has 1 aromatic heterocycles. The predicted octanol–water partition coefficient (Wildman–Crippen LogP) is 1.43. The van der Waals surface area contributed by atoms with Crippen molar-refractivity contribution >= 4 is 5.97 Å². The van der Waals surface area contributed by atoms with Gasteiger partial charge in [-0.1, -0.05) is 0 Å². The maximum atomic E-state index is 12.4. The van der Waals surface area contributed by atoms with E-state index < -0.39 is 29.8 Å². The van der Waals surface area contributed by atoms with Crippen molar-refractivity contribution in [2.75, 3.05) is 6.61 Å². The summed E-state index contributed by atoms with van der Waals surface area (Å²) in [6.07, 6.45) is -3.95. The van der Waals surface area contributed by atoms with Crippen molar-refractivity contribution in [2.24, 2.45) is 0 Å². The van der Waals surface area contributed by atoms with Gasteiger partial charge in [0.15, 0.2) is 0 Å². The van der Waals surface area contributed by atoms with E-state index in [1.165, 1.54) is 0 Å². The first-order valence-electron chi connectivity index (χ1n) is 4.78. The lowest BCUT2D eigenvalue weighted by molar-refractivity contribution is -0.144. The third-order valence-electron chi connectivity index (χ3n) is 1.92. The van der Waals surface area contributed by atoms with Gasteiger partial charge in [0.2, 0.25) is 0 Å². The molecule has 1 rings (SSSR count). The first kappa shape index (κ1) is 13.3. The van der Waals surface area contributed by atoms with Gasteiger partial charge < -0.3 is 9.30 Å². The van der Waals surface area contributed by atoms with Gasteiger partial charge in [0, 0.05) is 12.3 Å². The molecule has 0 unspecified atom stereocenters. The van der Waals surface area contributed by atoms with E-state index in [0.717, 1.165) is 6.07 Å². The molecule has 0 fully saturated rings. The van der Waals surface area contributed by atoms with Crippen molar-refractivity contribution in [3.8, 4) is 0 Å². The maximum Gasteiger partial charge on any atom is 0.417 e. The zero-order chi connectivity index (χ0) is 13.1. The average molecular weight is 249 g/mol. The molecule has 17 heavy (non-hydrogen) atoms. The van der Waals surface area contributed by atoms with Gasteiger partial charge in [0.05, 0.1) is 12.2 Å². The fourth-order valence-corrected chi connectivity index (χ4v) is 1.17. The van der Waals surface area contributed by atoms with Crippen LogP contribution in [-0.2, 0) is 22.3 Å². The molecule has 0 aliphatic carbocycles. The number of halogens is 3. The van der Waals surface area contributed by atoms with Crippen LogP contribution < -0.4 is 5.56 Å². The minimum atomic E-state index is -4.55. The molecular formula is C10H10F3NO3. The van der Waals surface area contributed by atoms with Crippen molar-refractivity contribution in [3.63, 3.8) is 0 Å². The van der Waals surface area contributed by atoms with Gasteiger partial charge in [-0.25, -0.2) is 0 Å². The number of nitrogens with zero attached hydrogens (tertiary/aromatic N) is 1. The van der Waals surface area contributed by atoms with Gasteiger partial charge in [0.25, 0.3) is 5.56 Å². The van der Waals surface area contributed by atoms with E-state index in [1.54, 1.807) is 6.92 Å². The molecule has 94 valence electrons. The zero-order valence-corrected chi connectivity index (χ0v) is 8.95. The lowest BCUT2D eigenvalue weighted by atomic mass is 10.3. The van der Waals surface area contributed by atoms with E-state index in [1.807, 2.05) is 0 Å². The quantitative estimate of drug-likeness (QED) is 0.761. The van der Waals surface area contributed by atoms with Crippen LogP contribution in [-0.4, -0.2) is 17.1 Å². The Labute approximate surface area is 94.6 Å². The molecular weight excluding hydrogens is 239 g/mol. The lowest BCUT2D eigenvalue weighted by Crippen LogP contribution is -2.26. The van der Waals surface area contributed by atoms with Gasteiger partial charge in [-0.15, -0.1) is 0 Å². The summed E-state index contributed by atoms with van der Waals surface area (Å²) < 4.78 is 42.3. The Hall–Kier alpha value is -1.79. The van der Waals surface area contributed by atoms with E-state index in [0.29, 0.717) is 16.8 Å². The normalized spacial score (nSPS) is 11.3. The molecule has 0 aliphatic heterocycles. The first-order chi connectivity index (χ1) is 7.84. The van der Waals surface area contributed by atoms with Crippen molar-refractivity contribution in [1.29, 1.82) is 0 Å². The zero-order valence-electron chi connectivity index (χ0n) is 8.95. The molecule has 0 aromatic carbocycles. The molecule has 7 heteroatoms. The Bertz CT molecular complexity index is 465. The second-order valence-corrected chi connectivity index (χ2v) is 3.19. The summed E-state index contributed by atoms with van der Waals surface area (Å²) in [5.41, 5.74) is -1.67. The van der Waals surface area contributed by atoms with Crippen LogP contribution in [0.25, 0.3) is 0 Å². The molecule has 0 N–H and O–H groups in total. The van der Waals surface area contributed by atoms with E-state index in [4.69, 9.17) is 0 Å². The molecule has 0 aliphatic rings. The smallest absolute Gasteiger partial charge is 0.417 e. The Kier molecular flexibility index (Phi) is 3.93. The number of aromatic nitrogens is 1. The number of hydrogen-bond acceptors (Lipinski definition) is 3. The van der Waals surface area contributed by atoms with Crippen LogP contribution in [0.15, 0.2) is 23.1 Å². The van der Waals surface area contributed by atoms with Crippen molar-refractivity contribution < 1.29 is 22.7 Å². The minimum Gasteiger partial charge on any atom is -0.465 e. The van der Waals surface area contributed by atoms with E-state index in [2.05, 4.69) is 4.74 Å². The van der Waals surface area contributed by atoms with Crippen molar-refractivity contribution in [2.45, 2.75) is 19.6 Å². The Balaban J connectivity index is 2.99. The largest absolute Gasteiger partial charge is 0.465 e. The van der Waals surface area contributed by atoms with Gasteiger partial charge in [-0.05, 0) is 13.0 Å². The lowest BCUT2D eigenvalue weighted by Gasteiger charge is -2.10. The summed E-state index contributed by atoms with van der Waals surface area (Å²) in [5.74, 6) is -0.756. The summed E-state index contributed by atoms with van der Waals surface area (Å²) in [7, 11) is 0. The number of rotatable bonds is 3. The molecule has 0 amide bonds. The van der Waals surface area contributed by atoms with Crippen LogP contribution in [0.2, 0.25) is 0 Å². The van der Waals surface area contributed by atoms with Crippen LogP contribution >= 0.6 is 0 Å². The second-order valence-electron chi connectivity index (χ2n) is 3.19. The summed E-state index contributed by atoms with van der Waals surface area (Å²) in [5, 5.41) is 0. The third-order valence-corrected chi connectivity index (χ3v) is 1.92. The molecule has 1 heterocycles. The number of hydrogen-bond donors (Lipinski definition) is 0. The highest BCUT2D eigenvalue weighted by atomic mass is 19.4. The highest BCUT2D eigenvalue weighted by Crippen LogP contribution is 2.27. The SMILES string of the molecule is CCOC(=O)Cn1cc(C(F)(F)F)ccc1=O. The third kappa shape index (κ3) is 3.61. The summed E-state index contributed by atoms with van der Waals surface area (Å²) in [4.78, 5) is 22.3. The van der Waals surface area contributed by atoms with Crippen LogP contribution in [0.5, 0.6) is 0 Å². The molecule has 0 spiro atoms. The van der Waals surface area contributed by atoms with E-state index in [-0.39, 0.29) is 6.61 Å². The van der Waals surface area contributed by atoms with Gasteiger partial charge in [-0.3, -0.25) is 9.59 Å². The van der Waals surface area contributed by atoms with Gasteiger partial charge in [-0.2, -0.15) is 13.2 Å². The topological polar surface area (TPSA) is 48.3 Å². The highest BCUT2D eigenvalue weighted by molar-refractivity contribution is 5.69. The fourth-order valence-electron chi connectivity index (χ4n) is 1.17. The number of esters is 1. The molecule has 0 radical (unpaired) electrons. The van der Waals surface area contributed by atoms with E-state index in [9.17, 15) is 22.8 Å². The molecule has 1 aromatic rings. The standard InChI is InChI=1S/C10H10F3NO3/c1-2-17-9(16)6-14-5-7(10(11,12)13)3-4-8(14)15/h3-5H,2,6H2,1H3. The Morgan fingerprint density at radius 3 is 2.59 bits per heavy atom. The van der Waals surface area contributed by atoms with E-state index >= 15 is 0 Å². The van der Waals surface area contributed by atoms with Crippen molar-refractivity contribution in [3.05, 3.63) is 34.2 Å². The molecule has 0 saturated heterocycles. The van der Waals surface area contributed by atoms with Crippen LogP contribution in [0.3, 0.4) is 0 Å². The number of carbonyl (C=O) groups is 1. The molecule has 0 saturated carbocycles. The fraction of sp³-hybridized carbons (Fsp3) is 0.400. The van der Waals surface area contributed by atoms with Crippen LogP contribution in [0.4, 0.5) is 13.2 Å². The Morgan fingerprint density at radius 1 is 1.41 bits per heavy atom. The number of carbonyl (C=O) groups excluding carboxylic acids is 1. The molecule has 0 bridgehead atoms. The maximum absolute atomic E-state index is 12.4. The Morgan fingerprint density at radius 2 is 2.06 bits per heavy atom. The monoisotopic (exact) mass is 249 g/mol.